The Morgan fingerprint density at radius 1 is 1.23 bits per heavy atom. The van der Waals surface area contributed by atoms with Gasteiger partial charge in [0.25, 0.3) is 0 Å². The monoisotopic (exact) mass is 586 g/mol. The lowest BCUT2D eigenvalue weighted by Gasteiger charge is -2.30. The van der Waals surface area contributed by atoms with Crippen molar-refractivity contribution in [3.8, 4) is 17.0 Å². The van der Waals surface area contributed by atoms with Gasteiger partial charge in [-0.25, -0.2) is 13.9 Å². The fourth-order valence-corrected chi connectivity index (χ4v) is 5.27. The van der Waals surface area contributed by atoms with Gasteiger partial charge >= 0.3 is 7.82 Å². The van der Waals surface area contributed by atoms with E-state index in [9.17, 15) is 19.1 Å². The number of benzene rings is 2. The first-order valence-electron chi connectivity index (χ1n) is 12.4. The third-order valence-corrected chi connectivity index (χ3v) is 7.06. The molecule has 11 nitrogen and oxygen atoms in total. The van der Waals surface area contributed by atoms with Crippen LogP contribution in [0, 0.1) is 5.82 Å². The first kappa shape index (κ1) is 27.7. The van der Waals surface area contributed by atoms with Crippen LogP contribution in [-0.4, -0.2) is 48.8 Å². The number of fused-ring (bicyclic) bond motifs is 1. The Balaban J connectivity index is 1.56. The molecule has 14 heteroatoms. The Labute approximate surface area is 233 Å². The van der Waals surface area contributed by atoms with Crippen LogP contribution in [0.1, 0.15) is 24.8 Å². The molecule has 1 aliphatic heterocycles. The van der Waals surface area contributed by atoms with Crippen molar-refractivity contribution < 1.29 is 28.1 Å². The number of aromatic amines is 1. The molecule has 0 radical (unpaired) electrons. The van der Waals surface area contributed by atoms with Gasteiger partial charge in [-0.15, -0.1) is 0 Å². The number of carbonyl (C=O) groups excluding carboxylic acids is 1. The van der Waals surface area contributed by atoms with Crippen LogP contribution in [0.2, 0.25) is 5.15 Å². The minimum atomic E-state index is -4.99. The highest BCUT2D eigenvalue weighted by Gasteiger charge is 2.26. The molecule has 5 rings (SSSR count). The van der Waals surface area contributed by atoms with E-state index in [2.05, 4.69) is 32.1 Å². The highest BCUT2D eigenvalue weighted by atomic mass is 35.5. The minimum Gasteiger partial charge on any atom is -0.402 e. The summed E-state index contributed by atoms with van der Waals surface area (Å²) in [6, 6.07) is 9.62. The van der Waals surface area contributed by atoms with Crippen LogP contribution in [0.15, 0.2) is 49.1 Å². The van der Waals surface area contributed by atoms with E-state index >= 15 is 4.39 Å². The van der Waals surface area contributed by atoms with E-state index < -0.39 is 13.6 Å². The second-order valence-corrected chi connectivity index (χ2v) is 10.8. The maximum atomic E-state index is 15.4. The molecule has 0 aliphatic carbocycles. The van der Waals surface area contributed by atoms with Gasteiger partial charge in [-0.2, -0.15) is 10.1 Å². The van der Waals surface area contributed by atoms with Crippen molar-refractivity contribution in [1.82, 2.24) is 20.2 Å². The molecule has 0 amide bonds. The lowest BCUT2D eigenvalue weighted by Crippen LogP contribution is -2.30. The normalized spacial score (nSPS) is 13.8. The Hall–Kier alpha value is -3.83. The lowest BCUT2D eigenvalue weighted by atomic mass is 10.0. The standard InChI is InChI=1S/C26H25ClFN6O5P/c1-2-18(35)12-15-7-6-8-16(11-15)22-21-24(27)32-33-25(21)31-26(30-22)29-17-13-19(28)23(34-9-4-3-5-10-34)20(14-17)39-40(36,37)38/h2,6-8,11,13-14H,1,3-5,9-10,12H2,(H2,36,37,38)(H2,29,30,31,32,33). The third-order valence-electron chi connectivity index (χ3n) is 6.35. The summed E-state index contributed by atoms with van der Waals surface area (Å²) >= 11 is 6.35. The number of aromatic nitrogens is 4. The minimum absolute atomic E-state index is 0.0180. The molecule has 0 atom stereocenters. The highest BCUT2D eigenvalue weighted by molar-refractivity contribution is 7.46. The zero-order chi connectivity index (χ0) is 28.4. The summed E-state index contributed by atoms with van der Waals surface area (Å²) in [6.45, 7) is 4.57. The SMILES string of the molecule is C=CC(=O)Cc1cccc(-c2nc(Nc3cc(F)c(N4CCCCC4)c(OP(=O)(O)O)c3)nc3n[nH]c(Cl)c23)c1. The molecular formula is C26H25ClFN6O5P. The zero-order valence-corrected chi connectivity index (χ0v) is 22.8. The quantitative estimate of drug-likeness (QED) is 0.150. The number of nitrogens with zero attached hydrogens (tertiary/aromatic N) is 4. The van der Waals surface area contributed by atoms with E-state index in [1.807, 2.05) is 0 Å². The third kappa shape index (κ3) is 6.15. The van der Waals surface area contributed by atoms with Crippen molar-refractivity contribution in [1.29, 1.82) is 0 Å². The van der Waals surface area contributed by atoms with E-state index in [1.165, 1.54) is 18.2 Å². The van der Waals surface area contributed by atoms with Crippen LogP contribution >= 0.6 is 19.4 Å². The topological polar surface area (TPSA) is 154 Å². The van der Waals surface area contributed by atoms with Crippen molar-refractivity contribution in [2.24, 2.45) is 0 Å². The number of piperidine rings is 1. The Morgan fingerprint density at radius 3 is 2.73 bits per heavy atom. The predicted octanol–water partition coefficient (Wildman–Crippen LogP) is 5.32. The zero-order valence-electron chi connectivity index (χ0n) is 21.1. The first-order chi connectivity index (χ1) is 19.1. The van der Waals surface area contributed by atoms with Crippen LogP contribution in [0.25, 0.3) is 22.3 Å². The summed E-state index contributed by atoms with van der Waals surface area (Å²) in [6.07, 6.45) is 4.03. The van der Waals surface area contributed by atoms with Gasteiger partial charge in [0.15, 0.2) is 23.0 Å². The molecule has 0 saturated carbocycles. The molecule has 208 valence electrons. The number of allylic oxidation sites excluding steroid dienone is 1. The molecule has 2 aromatic heterocycles. The van der Waals surface area contributed by atoms with Gasteiger partial charge in [-0.1, -0.05) is 36.4 Å². The van der Waals surface area contributed by atoms with Crippen molar-refractivity contribution in [3.05, 3.63) is 65.6 Å². The summed E-state index contributed by atoms with van der Waals surface area (Å²) in [7, 11) is -4.99. The summed E-state index contributed by atoms with van der Waals surface area (Å²) in [5.41, 5.74) is 2.07. The smallest absolute Gasteiger partial charge is 0.402 e. The van der Waals surface area contributed by atoms with Gasteiger partial charge in [0.1, 0.15) is 10.8 Å². The number of halogens is 2. The van der Waals surface area contributed by atoms with E-state index in [0.717, 1.165) is 24.8 Å². The number of ketones is 1. The number of anilines is 3. The van der Waals surface area contributed by atoms with Crippen molar-refractivity contribution in [2.75, 3.05) is 23.3 Å². The first-order valence-corrected chi connectivity index (χ1v) is 14.3. The Kier molecular flexibility index (Phi) is 7.86. The molecular weight excluding hydrogens is 562 g/mol. The highest BCUT2D eigenvalue weighted by Crippen LogP contribution is 2.45. The lowest BCUT2D eigenvalue weighted by molar-refractivity contribution is -0.114. The average Bonchev–Trinajstić information content (AvgIpc) is 3.28. The molecule has 2 aromatic carbocycles. The molecule has 4 N–H and O–H groups in total. The number of hydrogen-bond donors (Lipinski definition) is 4. The van der Waals surface area contributed by atoms with Gasteiger partial charge in [0.05, 0.1) is 11.1 Å². The number of phosphoric acid groups is 1. The summed E-state index contributed by atoms with van der Waals surface area (Å²) in [5.74, 6) is -1.15. The molecule has 3 heterocycles. The van der Waals surface area contributed by atoms with Crippen molar-refractivity contribution in [3.63, 3.8) is 0 Å². The fourth-order valence-electron chi connectivity index (χ4n) is 4.65. The van der Waals surface area contributed by atoms with Gasteiger partial charge in [0, 0.05) is 36.8 Å². The maximum Gasteiger partial charge on any atom is 0.524 e. The van der Waals surface area contributed by atoms with Crippen LogP contribution in [-0.2, 0) is 15.8 Å². The van der Waals surface area contributed by atoms with Gasteiger partial charge in [0.2, 0.25) is 5.95 Å². The van der Waals surface area contributed by atoms with E-state index in [4.69, 9.17) is 16.1 Å². The number of phosphoric ester groups is 1. The van der Waals surface area contributed by atoms with E-state index in [1.54, 1.807) is 29.2 Å². The number of carbonyl (C=O) groups is 1. The van der Waals surface area contributed by atoms with Crippen molar-refractivity contribution >= 4 is 53.6 Å². The summed E-state index contributed by atoms with van der Waals surface area (Å²) < 4.78 is 32.0. The van der Waals surface area contributed by atoms with Crippen LogP contribution < -0.4 is 14.7 Å². The molecule has 0 bridgehead atoms. The molecule has 1 saturated heterocycles. The Morgan fingerprint density at radius 2 is 2.00 bits per heavy atom. The predicted molar refractivity (Wildman–Crippen MR) is 149 cm³/mol. The molecule has 40 heavy (non-hydrogen) atoms. The second kappa shape index (κ2) is 11.3. The number of rotatable bonds is 9. The van der Waals surface area contributed by atoms with Crippen molar-refractivity contribution in [2.45, 2.75) is 25.7 Å². The Bertz CT molecular complexity index is 1650. The van der Waals surface area contributed by atoms with Gasteiger partial charge in [-0.3, -0.25) is 19.7 Å². The number of hydrogen-bond acceptors (Lipinski definition) is 8. The summed E-state index contributed by atoms with van der Waals surface area (Å²) in [5, 5.41) is 10.3. The summed E-state index contributed by atoms with van der Waals surface area (Å²) in [4.78, 5) is 41.5. The maximum absolute atomic E-state index is 15.4. The number of nitrogens with one attached hydrogen (secondary N) is 2. The van der Waals surface area contributed by atoms with E-state index in [0.29, 0.717) is 29.7 Å². The molecule has 0 unspecified atom stereocenters. The molecule has 1 fully saturated rings. The van der Waals surface area contributed by atoms with Crippen LogP contribution in [0.3, 0.4) is 0 Å². The molecule has 0 spiro atoms. The average molecular weight is 587 g/mol. The largest absolute Gasteiger partial charge is 0.524 e. The molecule has 4 aromatic rings. The van der Waals surface area contributed by atoms with Gasteiger partial charge in [-0.05, 0) is 43.0 Å². The fraction of sp³-hybridized carbons (Fsp3) is 0.231. The van der Waals surface area contributed by atoms with Crippen LogP contribution in [0.4, 0.5) is 21.7 Å². The van der Waals surface area contributed by atoms with Gasteiger partial charge < -0.3 is 14.7 Å². The second-order valence-electron chi connectivity index (χ2n) is 9.24. The number of H-pyrrole nitrogens is 1. The van der Waals surface area contributed by atoms with Crippen LogP contribution in [0.5, 0.6) is 5.75 Å². The molecule has 1 aliphatic rings. The van der Waals surface area contributed by atoms with E-state index in [-0.39, 0.29) is 46.1 Å².